The Hall–Kier alpha value is -2.18. The lowest BCUT2D eigenvalue weighted by molar-refractivity contribution is -0.143. The van der Waals surface area contributed by atoms with E-state index in [1.807, 2.05) is 6.08 Å². The highest BCUT2D eigenvalue weighted by Gasteiger charge is 2.18. The lowest BCUT2D eigenvalue weighted by atomic mass is 10.0. The number of carbonyl (C=O) groups excluding carboxylic acids is 2. The van der Waals surface area contributed by atoms with Gasteiger partial charge in [-0.15, -0.1) is 0 Å². The van der Waals surface area contributed by atoms with Crippen molar-refractivity contribution >= 4 is 11.9 Å². The fourth-order valence-corrected chi connectivity index (χ4v) is 8.06. The Kier molecular flexibility index (Phi) is 50.6. The number of hydrogen-bond donors (Lipinski definition) is 3. The van der Waals surface area contributed by atoms with Crippen molar-refractivity contribution in [2.75, 3.05) is 13.2 Å². The van der Waals surface area contributed by atoms with Gasteiger partial charge < -0.3 is 20.3 Å². The van der Waals surface area contributed by atoms with Crippen molar-refractivity contribution in [1.29, 1.82) is 0 Å². The number of esters is 1. The topological polar surface area (TPSA) is 95.9 Å². The first-order valence-corrected chi connectivity index (χ1v) is 27.4. The minimum atomic E-state index is -0.853. The summed E-state index contributed by atoms with van der Waals surface area (Å²) in [7, 11) is 0. The Balaban J connectivity index is 3.51. The average molecular weight is 884 g/mol. The molecule has 0 rings (SSSR count). The number of hydrogen-bond acceptors (Lipinski definition) is 5. The first-order valence-electron chi connectivity index (χ1n) is 27.4. The largest absolute Gasteiger partial charge is 0.466 e. The zero-order chi connectivity index (χ0) is 45.8. The summed E-state index contributed by atoms with van der Waals surface area (Å²) in [5, 5.41) is 23.1. The molecule has 0 radical (unpaired) electrons. The summed E-state index contributed by atoms with van der Waals surface area (Å²) in [4.78, 5) is 24.5. The predicted molar refractivity (Wildman–Crippen MR) is 273 cm³/mol. The Bertz CT molecular complexity index is 1070. The number of allylic oxidation sites excluding steroid dienone is 7. The van der Waals surface area contributed by atoms with E-state index in [1.54, 1.807) is 6.08 Å². The van der Waals surface area contributed by atoms with Gasteiger partial charge in [0.1, 0.15) is 0 Å². The van der Waals surface area contributed by atoms with Crippen molar-refractivity contribution < 1.29 is 24.5 Å². The van der Waals surface area contributed by atoms with Crippen LogP contribution in [0.4, 0.5) is 0 Å². The maximum absolute atomic E-state index is 12.4. The minimum Gasteiger partial charge on any atom is -0.466 e. The molecule has 0 aromatic carbocycles. The summed E-state index contributed by atoms with van der Waals surface area (Å²) in [6.45, 7) is 4.83. The minimum absolute atomic E-state index is 0.0181. The lowest BCUT2D eigenvalue weighted by Gasteiger charge is -2.20. The van der Waals surface area contributed by atoms with Crippen LogP contribution in [0, 0.1) is 0 Å². The molecular weight excluding hydrogens is 779 g/mol. The van der Waals surface area contributed by atoms with Gasteiger partial charge in [-0.05, 0) is 83.5 Å². The molecule has 0 heterocycles. The van der Waals surface area contributed by atoms with E-state index in [-0.39, 0.29) is 18.5 Å². The Morgan fingerprint density at radius 3 is 1.27 bits per heavy atom. The fraction of sp³-hybridized carbons (Fsp3) is 0.825. The third-order valence-corrected chi connectivity index (χ3v) is 12.3. The van der Waals surface area contributed by atoms with Gasteiger partial charge in [-0.25, -0.2) is 0 Å². The molecule has 0 aromatic rings. The van der Waals surface area contributed by atoms with Gasteiger partial charge in [0.2, 0.25) is 5.91 Å². The molecule has 3 N–H and O–H groups in total. The maximum Gasteiger partial charge on any atom is 0.305 e. The molecule has 6 heteroatoms. The zero-order valence-electron chi connectivity index (χ0n) is 41.8. The molecule has 1 amide bonds. The molecule has 0 aliphatic carbocycles. The van der Waals surface area contributed by atoms with Crippen LogP contribution in [0.2, 0.25) is 0 Å². The molecule has 0 aliphatic rings. The molecule has 2 unspecified atom stereocenters. The van der Waals surface area contributed by atoms with Crippen LogP contribution in [0.3, 0.4) is 0 Å². The Morgan fingerprint density at radius 2 is 0.810 bits per heavy atom. The Morgan fingerprint density at radius 1 is 0.444 bits per heavy atom. The molecule has 0 aliphatic heterocycles. The second-order valence-corrected chi connectivity index (χ2v) is 18.5. The summed E-state index contributed by atoms with van der Waals surface area (Å²) in [6.07, 6.45) is 65.4. The van der Waals surface area contributed by atoms with E-state index in [0.717, 1.165) is 64.2 Å². The molecule has 63 heavy (non-hydrogen) atoms. The van der Waals surface area contributed by atoms with Gasteiger partial charge in [0, 0.05) is 12.8 Å². The zero-order valence-corrected chi connectivity index (χ0v) is 41.8. The predicted octanol–water partition coefficient (Wildman–Crippen LogP) is 16.6. The van der Waals surface area contributed by atoms with Crippen LogP contribution < -0.4 is 5.32 Å². The normalized spacial score (nSPS) is 13.0. The highest BCUT2D eigenvalue weighted by molar-refractivity contribution is 5.76. The van der Waals surface area contributed by atoms with Crippen LogP contribution in [-0.4, -0.2) is 47.4 Å². The van der Waals surface area contributed by atoms with Gasteiger partial charge in [-0.2, -0.15) is 0 Å². The van der Waals surface area contributed by atoms with Crippen molar-refractivity contribution in [3.05, 3.63) is 48.6 Å². The van der Waals surface area contributed by atoms with Gasteiger partial charge in [0.05, 0.1) is 25.4 Å². The van der Waals surface area contributed by atoms with E-state index in [4.69, 9.17) is 4.74 Å². The van der Waals surface area contributed by atoms with E-state index in [0.29, 0.717) is 19.4 Å². The first-order chi connectivity index (χ1) is 31.0. The van der Waals surface area contributed by atoms with Crippen molar-refractivity contribution in [2.24, 2.45) is 0 Å². The third kappa shape index (κ3) is 49.1. The second kappa shape index (κ2) is 52.4. The molecule has 0 bridgehead atoms. The highest BCUT2D eigenvalue weighted by Crippen LogP contribution is 2.15. The number of rotatable bonds is 50. The van der Waals surface area contributed by atoms with Crippen molar-refractivity contribution in [3.63, 3.8) is 0 Å². The summed E-state index contributed by atoms with van der Waals surface area (Å²) in [5.41, 5.74) is 0. The highest BCUT2D eigenvalue weighted by atomic mass is 16.5. The quantitative estimate of drug-likeness (QED) is 0.0321. The average Bonchev–Trinajstić information content (AvgIpc) is 3.28. The Labute approximate surface area is 391 Å². The molecule has 6 nitrogen and oxygen atoms in total. The lowest BCUT2D eigenvalue weighted by Crippen LogP contribution is -2.45. The van der Waals surface area contributed by atoms with Crippen LogP contribution >= 0.6 is 0 Å². The van der Waals surface area contributed by atoms with Gasteiger partial charge in [0.15, 0.2) is 0 Å². The molecule has 0 saturated heterocycles. The first kappa shape index (κ1) is 60.8. The second-order valence-electron chi connectivity index (χ2n) is 18.5. The van der Waals surface area contributed by atoms with E-state index in [1.165, 1.54) is 186 Å². The number of nitrogens with one attached hydrogen (secondary N) is 1. The summed E-state index contributed by atoms with van der Waals surface area (Å²) in [6, 6.07) is -0.638. The van der Waals surface area contributed by atoms with Crippen molar-refractivity contribution in [2.45, 2.75) is 289 Å². The van der Waals surface area contributed by atoms with E-state index in [2.05, 4.69) is 55.6 Å². The maximum atomic E-state index is 12.4. The van der Waals surface area contributed by atoms with Crippen LogP contribution in [0.25, 0.3) is 0 Å². The van der Waals surface area contributed by atoms with Crippen molar-refractivity contribution in [3.8, 4) is 0 Å². The molecule has 0 spiro atoms. The van der Waals surface area contributed by atoms with Crippen LogP contribution in [0.15, 0.2) is 48.6 Å². The molecule has 368 valence electrons. The molecule has 0 saturated carbocycles. The van der Waals surface area contributed by atoms with Gasteiger partial charge >= 0.3 is 5.97 Å². The molecule has 0 aromatic heterocycles. The third-order valence-electron chi connectivity index (χ3n) is 12.3. The summed E-state index contributed by atoms with van der Waals surface area (Å²) >= 11 is 0. The van der Waals surface area contributed by atoms with Gasteiger partial charge in [-0.1, -0.05) is 229 Å². The number of aliphatic hydroxyl groups excluding tert-OH is 2. The number of ether oxygens (including phenoxy) is 1. The fourth-order valence-electron chi connectivity index (χ4n) is 8.06. The number of carbonyl (C=O) groups is 2. The van der Waals surface area contributed by atoms with Crippen LogP contribution in [0.1, 0.15) is 277 Å². The number of aliphatic hydroxyl groups is 2. The molecule has 0 fully saturated rings. The standard InChI is InChI=1S/C57H105NO5/c1-3-5-7-9-11-13-15-17-22-25-29-33-37-41-45-49-55(60)54(53-59)58-56(61)50-46-42-38-34-30-26-23-20-19-21-24-28-32-36-40-44-48-52-63-57(62)51-47-43-39-35-31-27-18-16-14-12-10-8-6-4-2/h10,12,16,18-19,21,45,49,54-55,59-60H,3-9,11,13-15,17,20,22-44,46-48,50-53H2,1-2H3,(H,58,61)/b12-10-,18-16-,21-19-,49-45+. The molecule has 2 atom stereocenters. The van der Waals surface area contributed by atoms with Gasteiger partial charge in [0.25, 0.3) is 0 Å². The monoisotopic (exact) mass is 884 g/mol. The van der Waals surface area contributed by atoms with E-state index < -0.39 is 12.1 Å². The van der Waals surface area contributed by atoms with E-state index >= 15 is 0 Å². The van der Waals surface area contributed by atoms with Crippen molar-refractivity contribution in [1.82, 2.24) is 5.32 Å². The smallest absolute Gasteiger partial charge is 0.305 e. The number of unbranched alkanes of at least 4 members (excludes halogenated alkanes) is 33. The van der Waals surface area contributed by atoms with Crippen LogP contribution in [-0.2, 0) is 14.3 Å². The summed E-state index contributed by atoms with van der Waals surface area (Å²) < 4.78 is 5.45. The van der Waals surface area contributed by atoms with Gasteiger partial charge in [-0.3, -0.25) is 9.59 Å². The summed E-state index contributed by atoms with van der Waals surface area (Å²) in [5.74, 6) is -0.0991. The van der Waals surface area contributed by atoms with Crippen LogP contribution in [0.5, 0.6) is 0 Å². The van der Waals surface area contributed by atoms with E-state index in [9.17, 15) is 19.8 Å². The number of amides is 1. The SMILES string of the molecule is CCCC/C=C\C/C=C\CCCCCCCC(=O)OCCCCCCCC/C=C\CCCCCCCCCC(=O)NC(CO)C(O)/C=C/CCCCCCCCCCCCCCC. The molecular formula is C57H105NO5.